The van der Waals surface area contributed by atoms with Crippen molar-refractivity contribution in [1.29, 1.82) is 0 Å². The molecule has 0 aromatic carbocycles. The zero-order valence-electron chi connectivity index (χ0n) is 6.29. The van der Waals surface area contributed by atoms with Gasteiger partial charge in [-0.1, -0.05) is 0 Å². The molecule has 0 heterocycles. The predicted octanol–water partition coefficient (Wildman–Crippen LogP) is -7.18. The Morgan fingerprint density at radius 2 is 1.00 bits per heavy atom. The topological polar surface area (TPSA) is 74.6 Å². The molecule has 9 heavy (non-hydrogen) atoms. The van der Waals surface area contributed by atoms with Gasteiger partial charge in [0.25, 0.3) is 0 Å². The molecule has 0 spiro atoms. The Morgan fingerprint density at radius 1 is 1.00 bits per heavy atom. The Kier molecular flexibility index (Phi) is 43.3. The third-order valence-electron chi connectivity index (χ3n) is 0. The van der Waals surface area contributed by atoms with Crippen LogP contribution in [0.1, 0.15) is 2.85 Å². The van der Waals surface area contributed by atoms with Crippen LogP contribution in [0, 0.1) is 0 Å². The Balaban J connectivity index is -0.00000000533. The minimum Gasteiger partial charge on any atom is -1.00 e. The van der Waals surface area contributed by atoms with Crippen LogP contribution in [0.5, 0.6) is 0 Å². The first kappa shape index (κ1) is 30.3. The average Bonchev–Trinajstić information content (AvgIpc) is 0.722. The van der Waals surface area contributed by atoms with Gasteiger partial charge in [0, 0.05) is 0 Å². The molecule has 0 aromatic heterocycles. The van der Waals surface area contributed by atoms with Gasteiger partial charge in [0.15, 0.2) is 0 Å². The Hall–Kier alpha value is 2.25. The van der Waals surface area contributed by atoms with Gasteiger partial charge in [0.1, 0.15) is 0 Å². The number of rotatable bonds is 0. The van der Waals surface area contributed by atoms with E-state index in [4.69, 9.17) is 17.5 Å². The monoisotopic (exact) mass is 218 g/mol. The zero-order valence-corrected chi connectivity index (χ0v) is 9.52. The maximum absolute atomic E-state index is 8.74. The maximum Gasteiger partial charge on any atom is 2.00 e. The van der Waals surface area contributed by atoms with E-state index in [1.165, 1.54) is 0 Å². The SMILES string of the molecule is O=S(=O)(O)O.[Ca+2].[Ca+2].[F-].[F-].[H-].[H-]. The molecule has 0 unspecified atom stereocenters. The van der Waals surface area contributed by atoms with E-state index in [0.717, 1.165) is 0 Å². The first-order valence-electron chi connectivity index (χ1n) is 0.698. The fourth-order valence-electron chi connectivity index (χ4n) is 0. The molecule has 0 aliphatic carbocycles. The molecule has 52 valence electrons. The summed E-state index contributed by atoms with van der Waals surface area (Å²) in [4.78, 5) is 0. The summed E-state index contributed by atoms with van der Waals surface area (Å²) in [6, 6.07) is 0. The van der Waals surface area contributed by atoms with E-state index >= 15 is 0 Å². The molecule has 9 heteroatoms. The molecule has 0 saturated heterocycles. The van der Waals surface area contributed by atoms with Crippen LogP contribution in [0.15, 0.2) is 0 Å². The average molecular weight is 218 g/mol. The predicted molar refractivity (Wildman–Crippen MR) is 27.9 cm³/mol. The van der Waals surface area contributed by atoms with Crippen LogP contribution in [0.3, 0.4) is 0 Å². The molecule has 0 amide bonds. The third-order valence-corrected chi connectivity index (χ3v) is 0. The van der Waals surface area contributed by atoms with Gasteiger partial charge in [-0.25, -0.2) is 0 Å². The van der Waals surface area contributed by atoms with Crippen LogP contribution in [0.2, 0.25) is 0 Å². The van der Waals surface area contributed by atoms with Crippen LogP contribution >= 0.6 is 0 Å². The van der Waals surface area contributed by atoms with Crippen molar-refractivity contribution in [1.82, 2.24) is 0 Å². The van der Waals surface area contributed by atoms with Crippen molar-refractivity contribution in [2.24, 2.45) is 0 Å². The van der Waals surface area contributed by atoms with E-state index < -0.39 is 10.4 Å². The molecule has 0 radical (unpaired) electrons. The number of halogens is 2. The van der Waals surface area contributed by atoms with E-state index in [0.29, 0.717) is 0 Å². The molecule has 0 rings (SSSR count). The fraction of sp³-hybridized carbons (Fsp3) is 0. The van der Waals surface area contributed by atoms with Gasteiger partial charge in [0.05, 0.1) is 0 Å². The summed E-state index contributed by atoms with van der Waals surface area (Å²) in [6.07, 6.45) is 0. The smallest absolute Gasteiger partial charge is 1.00 e. The molecule has 0 bridgehead atoms. The van der Waals surface area contributed by atoms with Gasteiger partial charge in [-0.05, 0) is 0 Å². The molecule has 0 saturated carbocycles. The van der Waals surface area contributed by atoms with Crippen molar-refractivity contribution in [3.63, 3.8) is 0 Å². The standard InChI is InChI=1S/2Ca.2FH.H2O4S.2H/c;;;;1-5(2,3)4;;/h;;2*1H;(H2,1,2,3,4);;/q2*+2;;;;2*-1/p-2. The molecule has 2 N–H and O–H groups in total. The van der Waals surface area contributed by atoms with Crippen molar-refractivity contribution < 1.29 is 29.8 Å². The third kappa shape index (κ3) is 138. The van der Waals surface area contributed by atoms with E-state index in [9.17, 15) is 0 Å². The second kappa shape index (κ2) is 12.9. The minimum atomic E-state index is -4.67. The Bertz CT molecular complexity index is 107. The zero-order chi connectivity index (χ0) is 4.50. The summed E-state index contributed by atoms with van der Waals surface area (Å²) < 4.78 is 31.6. The molecule has 0 atom stereocenters. The van der Waals surface area contributed by atoms with Gasteiger partial charge >= 0.3 is 85.9 Å². The summed E-state index contributed by atoms with van der Waals surface area (Å²) in [7, 11) is -4.67. The summed E-state index contributed by atoms with van der Waals surface area (Å²) in [6.45, 7) is 0. The molecule has 4 nitrogen and oxygen atoms in total. The second-order valence-corrected chi connectivity index (χ2v) is 1.34. The van der Waals surface area contributed by atoms with E-state index in [1.807, 2.05) is 0 Å². The first-order chi connectivity index (χ1) is 2.00. The quantitative estimate of drug-likeness (QED) is 0.313. The van der Waals surface area contributed by atoms with Crippen LogP contribution in [0.25, 0.3) is 0 Å². The Morgan fingerprint density at radius 3 is 1.00 bits per heavy atom. The van der Waals surface area contributed by atoms with Gasteiger partial charge < -0.3 is 12.3 Å². The first-order valence-corrected chi connectivity index (χ1v) is 2.10. The summed E-state index contributed by atoms with van der Waals surface area (Å²) in [5, 5.41) is 0. The summed E-state index contributed by atoms with van der Waals surface area (Å²) in [5.41, 5.74) is 0. The van der Waals surface area contributed by atoms with Crippen molar-refractivity contribution in [3.8, 4) is 0 Å². The number of hydrogen-bond donors (Lipinski definition) is 2. The normalized spacial score (nSPS) is 6.44. The molecule has 0 aliphatic rings. The van der Waals surface area contributed by atoms with Crippen LogP contribution in [-0.4, -0.2) is 93.0 Å². The summed E-state index contributed by atoms with van der Waals surface area (Å²) in [5.74, 6) is 0. The number of hydrogen-bond acceptors (Lipinski definition) is 2. The van der Waals surface area contributed by atoms with Crippen molar-refractivity contribution in [2.75, 3.05) is 0 Å². The fourth-order valence-corrected chi connectivity index (χ4v) is 0. The minimum absolute atomic E-state index is 0. The van der Waals surface area contributed by atoms with E-state index in [1.54, 1.807) is 0 Å². The van der Waals surface area contributed by atoms with Crippen LogP contribution < -0.4 is 9.41 Å². The maximum atomic E-state index is 8.74. The molecular weight excluding hydrogens is 214 g/mol. The molecule has 0 aromatic rings. The largest absolute Gasteiger partial charge is 2.00 e. The van der Waals surface area contributed by atoms with Crippen LogP contribution in [-0.2, 0) is 10.4 Å². The Labute approximate surface area is 114 Å². The molecular formula is H4Ca2F2O4S. The second-order valence-electron chi connectivity index (χ2n) is 0.448. The summed E-state index contributed by atoms with van der Waals surface area (Å²) >= 11 is 0. The van der Waals surface area contributed by atoms with Crippen molar-refractivity contribution in [2.45, 2.75) is 0 Å². The van der Waals surface area contributed by atoms with E-state index in [2.05, 4.69) is 0 Å². The van der Waals surface area contributed by atoms with Crippen molar-refractivity contribution >= 4 is 85.9 Å². The van der Waals surface area contributed by atoms with Crippen molar-refractivity contribution in [3.05, 3.63) is 0 Å². The van der Waals surface area contributed by atoms with Gasteiger partial charge in [-0.2, -0.15) is 8.42 Å². The van der Waals surface area contributed by atoms with Gasteiger partial charge in [-0.3, -0.25) is 9.11 Å². The molecule has 0 fully saturated rings. The van der Waals surface area contributed by atoms with Gasteiger partial charge in [-0.15, -0.1) is 0 Å². The van der Waals surface area contributed by atoms with Crippen LogP contribution in [0.4, 0.5) is 0 Å². The van der Waals surface area contributed by atoms with Gasteiger partial charge in [0.2, 0.25) is 0 Å². The van der Waals surface area contributed by atoms with E-state index in [-0.39, 0.29) is 87.7 Å². The molecule has 0 aliphatic heterocycles.